The van der Waals surface area contributed by atoms with Crippen molar-refractivity contribution in [2.24, 2.45) is 0 Å². The van der Waals surface area contributed by atoms with Crippen molar-refractivity contribution >= 4 is 62.0 Å². The van der Waals surface area contributed by atoms with E-state index in [1.165, 1.54) is 6.07 Å². The Labute approximate surface area is 130 Å². The minimum absolute atomic E-state index is 0.279. The summed E-state index contributed by atoms with van der Waals surface area (Å²) in [6.45, 7) is 0. The first kappa shape index (κ1) is 13.2. The summed E-state index contributed by atoms with van der Waals surface area (Å²) in [4.78, 5) is 12.4. The van der Waals surface area contributed by atoms with Crippen LogP contribution in [0.2, 0.25) is 10.3 Å². The van der Waals surface area contributed by atoms with Gasteiger partial charge in [-0.25, -0.2) is 15.0 Å². The fourth-order valence-corrected chi connectivity index (χ4v) is 3.01. The van der Waals surface area contributed by atoms with Crippen molar-refractivity contribution in [3.8, 4) is 0 Å². The summed E-state index contributed by atoms with van der Waals surface area (Å²) >= 11 is 16.2. The number of aromatic nitrogens is 3. The molecule has 96 valence electrons. The Morgan fingerprint density at radius 3 is 2.53 bits per heavy atom. The average Bonchev–Trinajstić information content (AvgIpc) is 2.68. The van der Waals surface area contributed by atoms with Gasteiger partial charge >= 0.3 is 0 Å². The maximum Gasteiger partial charge on any atom is 0.264 e. The highest BCUT2D eigenvalue weighted by Crippen LogP contribution is 2.30. The fraction of sp³-hybridized carbons (Fsp3) is 0. The SMILES string of the molecule is Clc1cc(Cl)nc(Sc2nc3cc(Br)ccc3o2)n1. The van der Waals surface area contributed by atoms with Crippen LogP contribution in [0.25, 0.3) is 11.1 Å². The predicted molar refractivity (Wildman–Crippen MR) is 77.9 cm³/mol. The molecular weight excluding hydrogens is 373 g/mol. The van der Waals surface area contributed by atoms with Crippen molar-refractivity contribution in [1.82, 2.24) is 15.0 Å². The van der Waals surface area contributed by atoms with Crippen molar-refractivity contribution in [3.05, 3.63) is 39.0 Å². The van der Waals surface area contributed by atoms with E-state index in [1.54, 1.807) is 0 Å². The summed E-state index contributed by atoms with van der Waals surface area (Å²) in [5, 5.41) is 1.39. The smallest absolute Gasteiger partial charge is 0.264 e. The standard InChI is InChI=1S/C11H4BrCl2N3OS/c12-5-1-2-7-6(3-5)15-11(18-7)19-10-16-8(13)4-9(14)17-10/h1-4H. The summed E-state index contributed by atoms with van der Waals surface area (Å²) in [7, 11) is 0. The van der Waals surface area contributed by atoms with Gasteiger partial charge < -0.3 is 4.42 Å². The van der Waals surface area contributed by atoms with E-state index < -0.39 is 0 Å². The maximum absolute atomic E-state index is 5.81. The van der Waals surface area contributed by atoms with Gasteiger partial charge in [-0.2, -0.15) is 0 Å². The quantitative estimate of drug-likeness (QED) is 0.473. The second-order valence-electron chi connectivity index (χ2n) is 3.49. The monoisotopic (exact) mass is 375 g/mol. The zero-order valence-electron chi connectivity index (χ0n) is 9.10. The molecule has 0 aliphatic heterocycles. The number of fused-ring (bicyclic) bond motifs is 1. The first-order valence-corrected chi connectivity index (χ1v) is 7.41. The Morgan fingerprint density at radius 1 is 1.05 bits per heavy atom. The Balaban J connectivity index is 1.96. The molecule has 0 N–H and O–H groups in total. The van der Waals surface area contributed by atoms with Gasteiger partial charge in [-0.05, 0) is 18.2 Å². The van der Waals surface area contributed by atoms with Crippen molar-refractivity contribution in [2.45, 2.75) is 10.4 Å². The Hall–Kier alpha value is -0.820. The molecule has 0 saturated heterocycles. The number of benzene rings is 1. The van der Waals surface area contributed by atoms with Gasteiger partial charge in [-0.1, -0.05) is 39.1 Å². The number of oxazole rings is 1. The molecule has 19 heavy (non-hydrogen) atoms. The second-order valence-corrected chi connectivity index (χ2v) is 6.10. The molecule has 3 rings (SSSR count). The van der Waals surface area contributed by atoms with Crippen molar-refractivity contribution in [3.63, 3.8) is 0 Å². The minimum atomic E-state index is 0.279. The van der Waals surface area contributed by atoms with E-state index in [9.17, 15) is 0 Å². The molecule has 8 heteroatoms. The molecular formula is C11H4BrCl2N3OS. The largest absolute Gasteiger partial charge is 0.431 e. The first-order chi connectivity index (χ1) is 9.10. The molecule has 3 aromatic rings. The topological polar surface area (TPSA) is 51.8 Å². The van der Waals surface area contributed by atoms with Crippen LogP contribution in [0.1, 0.15) is 0 Å². The lowest BCUT2D eigenvalue weighted by Crippen LogP contribution is -1.87. The molecule has 2 heterocycles. The van der Waals surface area contributed by atoms with Gasteiger partial charge in [0.15, 0.2) is 10.7 Å². The fourth-order valence-electron chi connectivity index (χ4n) is 1.42. The summed E-state index contributed by atoms with van der Waals surface area (Å²) in [5.74, 6) is 0. The van der Waals surface area contributed by atoms with E-state index in [0.717, 1.165) is 21.8 Å². The van der Waals surface area contributed by atoms with Crippen molar-refractivity contribution in [2.75, 3.05) is 0 Å². The Kier molecular flexibility index (Phi) is 3.66. The lowest BCUT2D eigenvalue weighted by molar-refractivity contribution is 0.488. The zero-order chi connectivity index (χ0) is 13.4. The first-order valence-electron chi connectivity index (χ1n) is 5.04. The molecule has 0 unspecified atom stereocenters. The molecule has 0 aliphatic carbocycles. The third-order valence-electron chi connectivity index (χ3n) is 2.15. The summed E-state index contributed by atoms with van der Waals surface area (Å²) in [5.41, 5.74) is 1.45. The molecule has 2 aromatic heterocycles. The van der Waals surface area contributed by atoms with E-state index in [-0.39, 0.29) is 10.3 Å². The molecule has 0 saturated carbocycles. The van der Waals surface area contributed by atoms with E-state index >= 15 is 0 Å². The van der Waals surface area contributed by atoms with Crippen LogP contribution in [-0.4, -0.2) is 15.0 Å². The lowest BCUT2D eigenvalue weighted by Gasteiger charge is -1.96. The number of rotatable bonds is 2. The molecule has 0 radical (unpaired) electrons. The molecule has 4 nitrogen and oxygen atoms in total. The number of hydrogen-bond donors (Lipinski definition) is 0. The van der Waals surface area contributed by atoms with Crippen LogP contribution in [0.3, 0.4) is 0 Å². The van der Waals surface area contributed by atoms with Gasteiger partial charge in [0.05, 0.1) is 0 Å². The third-order valence-corrected chi connectivity index (χ3v) is 3.75. The maximum atomic E-state index is 5.81. The molecule has 0 spiro atoms. The Morgan fingerprint density at radius 2 is 1.79 bits per heavy atom. The van der Waals surface area contributed by atoms with Crippen LogP contribution in [0.5, 0.6) is 0 Å². The van der Waals surface area contributed by atoms with Crippen LogP contribution >= 0.6 is 50.9 Å². The Bertz CT molecular complexity index is 745. The van der Waals surface area contributed by atoms with Gasteiger partial charge in [-0.15, -0.1) is 0 Å². The van der Waals surface area contributed by atoms with Crippen LogP contribution in [-0.2, 0) is 0 Å². The lowest BCUT2D eigenvalue weighted by atomic mass is 10.3. The van der Waals surface area contributed by atoms with Crippen LogP contribution in [0, 0.1) is 0 Å². The van der Waals surface area contributed by atoms with Gasteiger partial charge in [0.25, 0.3) is 5.22 Å². The average molecular weight is 377 g/mol. The molecule has 0 amide bonds. The van der Waals surface area contributed by atoms with Gasteiger partial charge in [0.2, 0.25) is 0 Å². The normalized spacial score (nSPS) is 11.1. The van der Waals surface area contributed by atoms with E-state index in [4.69, 9.17) is 27.6 Å². The van der Waals surface area contributed by atoms with Gasteiger partial charge in [0, 0.05) is 22.3 Å². The van der Waals surface area contributed by atoms with Crippen molar-refractivity contribution < 1.29 is 4.42 Å². The van der Waals surface area contributed by atoms with E-state index in [2.05, 4.69) is 30.9 Å². The molecule has 0 aliphatic rings. The summed E-state index contributed by atoms with van der Waals surface area (Å²) < 4.78 is 6.51. The number of hydrogen-bond acceptors (Lipinski definition) is 5. The van der Waals surface area contributed by atoms with E-state index in [0.29, 0.717) is 16.0 Å². The third kappa shape index (κ3) is 3.02. The predicted octanol–water partition coefficient (Wildman–Crippen LogP) is 4.84. The van der Waals surface area contributed by atoms with Crippen LogP contribution < -0.4 is 0 Å². The van der Waals surface area contributed by atoms with Gasteiger partial charge in [-0.3, -0.25) is 0 Å². The molecule has 0 fully saturated rings. The number of nitrogens with zero attached hydrogens (tertiary/aromatic N) is 3. The van der Waals surface area contributed by atoms with Gasteiger partial charge in [0.1, 0.15) is 15.8 Å². The minimum Gasteiger partial charge on any atom is -0.431 e. The highest BCUT2D eigenvalue weighted by molar-refractivity contribution is 9.10. The van der Waals surface area contributed by atoms with Crippen LogP contribution in [0.4, 0.5) is 0 Å². The van der Waals surface area contributed by atoms with Crippen LogP contribution in [0.15, 0.2) is 43.5 Å². The molecule has 0 atom stereocenters. The van der Waals surface area contributed by atoms with E-state index in [1.807, 2.05) is 18.2 Å². The zero-order valence-corrected chi connectivity index (χ0v) is 13.0. The second kappa shape index (κ2) is 5.28. The number of halogens is 3. The summed E-state index contributed by atoms with van der Waals surface area (Å²) in [6.07, 6.45) is 0. The molecule has 0 bridgehead atoms. The highest BCUT2D eigenvalue weighted by Gasteiger charge is 2.11. The highest BCUT2D eigenvalue weighted by atomic mass is 79.9. The van der Waals surface area contributed by atoms with Crippen molar-refractivity contribution in [1.29, 1.82) is 0 Å². The summed E-state index contributed by atoms with van der Waals surface area (Å²) in [6, 6.07) is 7.06. The molecule has 1 aromatic carbocycles.